The molecule has 0 amide bonds. The quantitative estimate of drug-likeness (QED) is 0.289. The number of hydrogen-bond donors (Lipinski definition) is 6. The Morgan fingerprint density at radius 1 is 1.06 bits per heavy atom. The van der Waals surface area contributed by atoms with Gasteiger partial charge in [0.05, 0.1) is 6.61 Å². The van der Waals surface area contributed by atoms with Crippen LogP contribution in [-0.2, 0) is 13.8 Å². The van der Waals surface area contributed by atoms with Gasteiger partial charge in [0, 0.05) is 0 Å². The molecule has 0 spiro atoms. The molecule has 0 saturated carbocycles. The summed E-state index contributed by atoms with van der Waals surface area (Å²) in [5, 5.41) is 36.7. The molecule has 0 aliphatic carbocycles. The highest BCUT2D eigenvalue weighted by Gasteiger charge is 2.43. The standard InChI is InChI=1S/C6H13O9P/c7-3-2(1-14-16(11,12)13)15-6(10)5(9)4(3)8/h2-10H,1H2,(H2,11,12,13)/t2?,3-,4?,5?,6+/m0/s1. The minimum Gasteiger partial charge on any atom is -0.387 e. The van der Waals surface area contributed by atoms with Crippen molar-refractivity contribution in [3.8, 4) is 0 Å². The summed E-state index contributed by atoms with van der Waals surface area (Å²) < 4.78 is 19.0. The zero-order chi connectivity index (χ0) is 12.5. The lowest BCUT2D eigenvalue weighted by Crippen LogP contribution is -2.58. The molecule has 3 unspecified atom stereocenters. The summed E-state index contributed by atoms with van der Waals surface area (Å²) in [5.74, 6) is 0. The number of rotatable bonds is 3. The van der Waals surface area contributed by atoms with E-state index >= 15 is 0 Å². The van der Waals surface area contributed by atoms with Crippen LogP contribution in [0.3, 0.4) is 0 Å². The molecule has 1 aliphatic heterocycles. The van der Waals surface area contributed by atoms with Gasteiger partial charge in [0.25, 0.3) is 0 Å². The van der Waals surface area contributed by atoms with Gasteiger partial charge < -0.3 is 34.9 Å². The maximum absolute atomic E-state index is 10.4. The Kier molecular flexibility index (Phi) is 4.41. The first-order chi connectivity index (χ1) is 7.22. The smallest absolute Gasteiger partial charge is 0.387 e. The van der Waals surface area contributed by atoms with E-state index in [1.807, 2.05) is 0 Å². The van der Waals surface area contributed by atoms with E-state index in [1.54, 1.807) is 0 Å². The molecular weight excluding hydrogens is 247 g/mol. The third-order valence-electron chi connectivity index (χ3n) is 2.09. The zero-order valence-electron chi connectivity index (χ0n) is 7.95. The third-order valence-corrected chi connectivity index (χ3v) is 2.58. The molecule has 5 atom stereocenters. The molecule has 0 aromatic carbocycles. The van der Waals surface area contributed by atoms with Gasteiger partial charge in [-0.25, -0.2) is 4.57 Å². The molecule has 9 nitrogen and oxygen atoms in total. The summed E-state index contributed by atoms with van der Waals surface area (Å²) in [7, 11) is -4.73. The first kappa shape index (κ1) is 14.0. The summed E-state index contributed by atoms with van der Waals surface area (Å²) in [6, 6.07) is 0. The summed E-state index contributed by atoms with van der Waals surface area (Å²) >= 11 is 0. The van der Waals surface area contributed by atoms with E-state index in [0.717, 1.165) is 0 Å². The van der Waals surface area contributed by atoms with E-state index in [4.69, 9.17) is 20.0 Å². The van der Waals surface area contributed by atoms with Crippen LogP contribution in [0, 0.1) is 0 Å². The van der Waals surface area contributed by atoms with Gasteiger partial charge in [-0.1, -0.05) is 0 Å². The van der Waals surface area contributed by atoms with E-state index < -0.39 is 45.1 Å². The predicted octanol–water partition coefficient (Wildman–Crippen LogP) is -3.10. The maximum Gasteiger partial charge on any atom is 0.469 e. The van der Waals surface area contributed by atoms with Crippen LogP contribution in [0.2, 0.25) is 0 Å². The highest BCUT2D eigenvalue weighted by molar-refractivity contribution is 7.46. The van der Waals surface area contributed by atoms with E-state index in [-0.39, 0.29) is 0 Å². The third kappa shape index (κ3) is 3.45. The fraction of sp³-hybridized carbons (Fsp3) is 1.00. The molecular formula is C6H13O9P. The lowest BCUT2D eigenvalue weighted by atomic mass is 10.00. The van der Waals surface area contributed by atoms with Crippen LogP contribution in [0.1, 0.15) is 0 Å². The largest absolute Gasteiger partial charge is 0.469 e. The van der Waals surface area contributed by atoms with Crippen LogP contribution < -0.4 is 0 Å². The molecule has 96 valence electrons. The molecule has 6 N–H and O–H groups in total. The average molecular weight is 260 g/mol. The van der Waals surface area contributed by atoms with Crippen LogP contribution in [0.4, 0.5) is 0 Å². The molecule has 0 aromatic heterocycles. The Morgan fingerprint density at radius 2 is 1.62 bits per heavy atom. The van der Waals surface area contributed by atoms with Gasteiger partial charge in [-0.2, -0.15) is 0 Å². The van der Waals surface area contributed by atoms with Gasteiger partial charge in [-0.15, -0.1) is 0 Å². The minimum atomic E-state index is -4.73. The van der Waals surface area contributed by atoms with Gasteiger partial charge in [0.1, 0.15) is 24.4 Å². The summed E-state index contributed by atoms with van der Waals surface area (Å²) in [6.07, 6.45) is -8.11. The molecule has 1 fully saturated rings. The Balaban J connectivity index is 2.57. The predicted molar refractivity (Wildman–Crippen MR) is 46.9 cm³/mol. The van der Waals surface area contributed by atoms with Crippen LogP contribution in [0.25, 0.3) is 0 Å². The van der Waals surface area contributed by atoms with Gasteiger partial charge in [0.2, 0.25) is 0 Å². The first-order valence-electron chi connectivity index (χ1n) is 4.30. The Hall–Kier alpha value is -0.0900. The zero-order valence-corrected chi connectivity index (χ0v) is 8.84. The SMILES string of the molecule is O=P(O)(O)OCC1O[C@@H](O)C(O)C(O)[C@H]1O. The van der Waals surface area contributed by atoms with Crippen molar-refractivity contribution in [3.63, 3.8) is 0 Å². The van der Waals surface area contributed by atoms with Gasteiger partial charge in [-0.05, 0) is 0 Å². The van der Waals surface area contributed by atoms with Crippen molar-refractivity contribution < 1.29 is 44.0 Å². The highest BCUT2D eigenvalue weighted by atomic mass is 31.2. The first-order valence-corrected chi connectivity index (χ1v) is 5.83. The van der Waals surface area contributed by atoms with Crippen LogP contribution in [0.15, 0.2) is 0 Å². The fourth-order valence-corrected chi connectivity index (χ4v) is 1.58. The topological polar surface area (TPSA) is 157 Å². The molecule has 10 heteroatoms. The van der Waals surface area contributed by atoms with Crippen molar-refractivity contribution in [1.29, 1.82) is 0 Å². The van der Waals surface area contributed by atoms with Crippen molar-refractivity contribution in [3.05, 3.63) is 0 Å². The van der Waals surface area contributed by atoms with Gasteiger partial charge in [0.15, 0.2) is 6.29 Å². The van der Waals surface area contributed by atoms with Crippen molar-refractivity contribution in [2.45, 2.75) is 30.7 Å². The number of phosphoric ester groups is 1. The second-order valence-electron chi connectivity index (χ2n) is 3.32. The second-order valence-corrected chi connectivity index (χ2v) is 4.56. The molecule has 0 aromatic rings. The van der Waals surface area contributed by atoms with Crippen molar-refractivity contribution in [2.75, 3.05) is 6.61 Å². The number of aliphatic hydroxyl groups excluding tert-OH is 4. The Bertz CT molecular complexity index is 277. The molecule has 0 bridgehead atoms. The highest BCUT2D eigenvalue weighted by Crippen LogP contribution is 2.36. The second kappa shape index (κ2) is 5.05. The van der Waals surface area contributed by atoms with E-state index in [9.17, 15) is 14.8 Å². The molecule has 1 rings (SSSR count). The molecule has 0 radical (unpaired) electrons. The van der Waals surface area contributed by atoms with Crippen LogP contribution in [-0.4, -0.2) is 67.5 Å². The average Bonchev–Trinajstić information content (AvgIpc) is 2.17. The summed E-state index contributed by atoms with van der Waals surface area (Å²) in [4.78, 5) is 16.8. The molecule has 1 saturated heterocycles. The monoisotopic (exact) mass is 260 g/mol. The molecule has 1 heterocycles. The van der Waals surface area contributed by atoms with Crippen LogP contribution in [0.5, 0.6) is 0 Å². The maximum atomic E-state index is 10.4. The van der Waals surface area contributed by atoms with Crippen molar-refractivity contribution in [2.24, 2.45) is 0 Å². The number of aliphatic hydroxyl groups is 4. The van der Waals surface area contributed by atoms with E-state index in [0.29, 0.717) is 0 Å². The van der Waals surface area contributed by atoms with E-state index in [2.05, 4.69) is 9.26 Å². The normalized spacial score (nSPS) is 41.0. The Morgan fingerprint density at radius 3 is 2.12 bits per heavy atom. The Labute approximate surface area is 90.1 Å². The molecule has 1 aliphatic rings. The van der Waals surface area contributed by atoms with Crippen LogP contribution >= 0.6 is 7.82 Å². The van der Waals surface area contributed by atoms with Crippen molar-refractivity contribution in [1.82, 2.24) is 0 Å². The number of hydrogen-bond acceptors (Lipinski definition) is 7. The summed E-state index contributed by atoms with van der Waals surface area (Å²) in [5.41, 5.74) is 0. The lowest BCUT2D eigenvalue weighted by Gasteiger charge is -2.38. The lowest BCUT2D eigenvalue weighted by molar-refractivity contribution is -0.285. The minimum absolute atomic E-state index is 0.730. The summed E-state index contributed by atoms with van der Waals surface area (Å²) in [6.45, 7) is -0.730. The molecule has 16 heavy (non-hydrogen) atoms. The number of ether oxygens (including phenoxy) is 1. The van der Waals surface area contributed by atoms with Gasteiger partial charge >= 0.3 is 7.82 Å². The fourth-order valence-electron chi connectivity index (χ4n) is 1.24. The van der Waals surface area contributed by atoms with Gasteiger partial charge in [-0.3, -0.25) is 4.52 Å². The van der Waals surface area contributed by atoms with Crippen molar-refractivity contribution >= 4 is 7.82 Å². The number of phosphoric acid groups is 1. The van der Waals surface area contributed by atoms with E-state index in [1.165, 1.54) is 0 Å².